The van der Waals surface area contributed by atoms with Crippen molar-refractivity contribution in [3.05, 3.63) is 52.3 Å². The molecule has 0 aliphatic rings. The van der Waals surface area contributed by atoms with E-state index in [0.717, 1.165) is 6.07 Å². The SMILES string of the molecule is COc1cc(/C=N/NC(=O)C(=O)Nc2ccc(Br)cc2F)ccc1O. The monoisotopic (exact) mass is 409 g/mol. The van der Waals surface area contributed by atoms with Crippen LogP contribution in [0, 0.1) is 5.82 Å². The molecule has 25 heavy (non-hydrogen) atoms. The lowest BCUT2D eigenvalue weighted by atomic mass is 10.2. The lowest BCUT2D eigenvalue weighted by molar-refractivity contribution is -0.136. The molecular formula is C16H13BrFN3O4. The van der Waals surface area contributed by atoms with Crippen molar-refractivity contribution in [1.29, 1.82) is 0 Å². The third-order valence-corrected chi connectivity index (χ3v) is 3.46. The Morgan fingerprint density at radius 2 is 2.00 bits per heavy atom. The number of nitrogens with one attached hydrogen (secondary N) is 2. The summed E-state index contributed by atoms with van der Waals surface area (Å²) < 4.78 is 19.0. The summed E-state index contributed by atoms with van der Waals surface area (Å²) in [4.78, 5) is 23.4. The number of phenols is 1. The molecule has 0 spiro atoms. The van der Waals surface area contributed by atoms with Gasteiger partial charge in [0.25, 0.3) is 0 Å². The molecule has 0 saturated carbocycles. The molecule has 0 heterocycles. The highest BCUT2D eigenvalue weighted by Gasteiger charge is 2.15. The molecule has 0 unspecified atom stereocenters. The highest BCUT2D eigenvalue weighted by molar-refractivity contribution is 9.10. The van der Waals surface area contributed by atoms with E-state index in [4.69, 9.17) is 4.74 Å². The smallest absolute Gasteiger partial charge is 0.329 e. The maximum Gasteiger partial charge on any atom is 0.329 e. The summed E-state index contributed by atoms with van der Waals surface area (Å²) in [6.07, 6.45) is 1.26. The third kappa shape index (κ3) is 5.01. The minimum Gasteiger partial charge on any atom is -0.504 e. The predicted octanol–water partition coefficient (Wildman–Crippen LogP) is 2.39. The number of methoxy groups -OCH3 is 1. The number of carbonyl (C=O) groups is 2. The fourth-order valence-electron chi connectivity index (χ4n) is 1.76. The first-order chi connectivity index (χ1) is 11.9. The van der Waals surface area contributed by atoms with E-state index in [2.05, 4.69) is 26.3 Å². The average Bonchev–Trinajstić information content (AvgIpc) is 2.58. The molecule has 2 amide bonds. The van der Waals surface area contributed by atoms with Gasteiger partial charge in [0.05, 0.1) is 19.0 Å². The van der Waals surface area contributed by atoms with Crippen molar-refractivity contribution < 1.29 is 23.8 Å². The summed E-state index contributed by atoms with van der Waals surface area (Å²) in [5.74, 6) is -2.63. The summed E-state index contributed by atoms with van der Waals surface area (Å²) in [7, 11) is 1.39. The summed E-state index contributed by atoms with van der Waals surface area (Å²) in [5.41, 5.74) is 2.41. The first-order valence-electron chi connectivity index (χ1n) is 6.87. The van der Waals surface area contributed by atoms with E-state index in [1.54, 1.807) is 0 Å². The summed E-state index contributed by atoms with van der Waals surface area (Å²) in [6, 6.07) is 8.41. The highest BCUT2D eigenvalue weighted by Crippen LogP contribution is 2.25. The average molecular weight is 410 g/mol. The van der Waals surface area contributed by atoms with Crippen LogP contribution < -0.4 is 15.5 Å². The topological polar surface area (TPSA) is 100 Å². The van der Waals surface area contributed by atoms with Crippen molar-refractivity contribution in [2.24, 2.45) is 5.10 Å². The maximum absolute atomic E-state index is 13.6. The Bertz CT molecular complexity index is 842. The van der Waals surface area contributed by atoms with Crippen LogP contribution in [0.5, 0.6) is 11.5 Å². The molecule has 0 bridgehead atoms. The minimum atomic E-state index is -1.07. The standard InChI is InChI=1S/C16H13BrFN3O4/c1-25-14-6-9(2-5-13(14)22)8-19-21-16(24)15(23)20-12-4-3-10(17)7-11(12)18/h2-8,22H,1H3,(H,20,23)(H,21,24)/b19-8+. The maximum atomic E-state index is 13.6. The fourth-order valence-corrected chi connectivity index (χ4v) is 2.09. The number of nitrogens with zero attached hydrogens (tertiary/aromatic N) is 1. The lowest BCUT2D eigenvalue weighted by Crippen LogP contribution is -2.32. The van der Waals surface area contributed by atoms with Gasteiger partial charge in [0.15, 0.2) is 11.5 Å². The van der Waals surface area contributed by atoms with E-state index in [0.29, 0.717) is 10.0 Å². The van der Waals surface area contributed by atoms with Crippen LogP contribution >= 0.6 is 15.9 Å². The number of amides is 2. The van der Waals surface area contributed by atoms with Crippen molar-refractivity contribution in [1.82, 2.24) is 5.43 Å². The van der Waals surface area contributed by atoms with Crippen LogP contribution in [0.15, 0.2) is 46.0 Å². The van der Waals surface area contributed by atoms with Gasteiger partial charge in [0, 0.05) is 4.47 Å². The molecule has 0 aromatic heterocycles. The molecule has 0 aliphatic carbocycles. The molecule has 3 N–H and O–H groups in total. The molecule has 9 heteroatoms. The van der Waals surface area contributed by atoms with Gasteiger partial charge in [-0.15, -0.1) is 0 Å². The summed E-state index contributed by atoms with van der Waals surface area (Å²) >= 11 is 3.09. The number of hydrogen-bond donors (Lipinski definition) is 3. The largest absolute Gasteiger partial charge is 0.504 e. The normalized spacial score (nSPS) is 10.5. The van der Waals surface area contributed by atoms with Crippen LogP contribution in [-0.2, 0) is 9.59 Å². The van der Waals surface area contributed by atoms with Crippen LogP contribution in [0.4, 0.5) is 10.1 Å². The highest BCUT2D eigenvalue weighted by atomic mass is 79.9. The molecule has 0 atom stereocenters. The predicted molar refractivity (Wildman–Crippen MR) is 93.1 cm³/mol. The second-order valence-electron chi connectivity index (χ2n) is 4.71. The van der Waals surface area contributed by atoms with Crippen LogP contribution in [0.3, 0.4) is 0 Å². The van der Waals surface area contributed by atoms with Crippen molar-refractivity contribution in [2.75, 3.05) is 12.4 Å². The van der Waals surface area contributed by atoms with Gasteiger partial charge < -0.3 is 15.2 Å². The molecule has 0 aliphatic heterocycles. The van der Waals surface area contributed by atoms with Gasteiger partial charge in [0.2, 0.25) is 0 Å². The van der Waals surface area contributed by atoms with Crippen LogP contribution in [0.2, 0.25) is 0 Å². The van der Waals surface area contributed by atoms with Crippen LogP contribution in [0.25, 0.3) is 0 Å². The number of hydrogen-bond acceptors (Lipinski definition) is 5. The third-order valence-electron chi connectivity index (χ3n) is 2.97. The Morgan fingerprint density at radius 1 is 1.24 bits per heavy atom. The van der Waals surface area contributed by atoms with Crippen molar-refractivity contribution >= 4 is 39.6 Å². The van der Waals surface area contributed by atoms with Gasteiger partial charge in [0.1, 0.15) is 5.82 Å². The number of rotatable bonds is 4. The summed E-state index contributed by atoms with van der Waals surface area (Å²) in [6.45, 7) is 0. The Labute approximate surface area is 150 Å². The van der Waals surface area contributed by atoms with E-state index >= 15 is 0 Å². The zero-order valence-corrected chi connectivity index (χ0v) is 14.5. The van der Waals surface area contributed by atoms with Gasteiger partial charge in [-0.1, -0.05) is 15.9 Å². The number of phenolic OH excluding ortho intramolecular Hbond substituents is 1. The van der Waals surface area contributed by atoms with Gasteiger partial charge in [-0.25, -0.2) is 9.82 Å². The molecule has 2 aromatic carbocycles. The molecular weight excluding hydrogens is 397 g/mol. The number of aromatic hydroxyl groups is 1. The summed E-state index contributed by atoms with van der Waals surface area (Å²) in [5, 5.41) is 15.2. The number of halogens is 2. The van der Waals surface area contributed by atoms with E-state index in [-0.39, 0.29) is 17.2 Å². The minimum absolute atomic E-state index is 0.0420. The number of benzene rings is 2. The molecule has 0 fully saturated rings. The number of hydrazone groups is 1. The molecule has 2 aromatic rings. The number of carbonyl (C=O) groups excluding carboxylic acids is 2. The lowest BCUT2D eigenvalue weighted by Gasteiger charge is -2.05. The first-order valence-corrected chi connectivity index (χ1v) is 7.66. The molecule has 130 valence electrons. The van der Waals surface area contributed by atoms with Crippen molar-refractivity contribution in [2.45, 2.75) is 0 Å². The Morgan fingerprint density at radius 3 is 2.68 bits per heavy atom. The van der Waals surface area contributed by atoms with Crippen LogP contribution in [-0.4, -0.2) is 30.2 Å². The first kappa shape index (κ1) is 18.4. The van der Waals surface area contributed by atoms with Crippen molar-refractivity contribution in [3.8, 4) is 11.5 Å². The Hall–Kier alpha value is -2.94. The second kappa shape index (κ2) is 8.25. The molecule has 0 radical (unpaired) electrons. The molecule has 7 nitrogen and oxygen atoms in total. The Kier molecular flexibility index (Phi) is 6.07. The zero-order valence-electron chi connectivity index (χ0n) is 12.9. The quantitative estimate of drug-likeness (QED) is 0.410. The Balaban J connectivity index is 1.96. The van der Waals surface area contributed by atoms with E-state index in [9.17, 15) is 19.1 Å². The fraction of sp³-hybridized carbons (Fsp3) is 0.0625. The van der Waals surface area contributed by atoms with Gasteiger partial charge in [-0.2, -0.15) is 5.10 Å². The second-order valence-corrected chi connectivity index (χ2v) is 5.62. The number of ether oxygens (including phenoxy) is 1. The van der Waals surface area contributed by atoms with Gasteiger partial charge in [-0.05, 0) is 42.0 Å². The molecule has 2 rings (SSSR count). The van der Waals surface area contributed by atoms with Crippen molar-refractivity contribution in [3.63, 3.8) is 0 Å². The van der Waals surface area contributed by atoms with E-state index in [1.807, 2.05) is 5.43 Å². The van der Waals surface area contributed by atoms with E-state index in [1.165, 1.54) is 43.7 Å². The van der Waals surface area contributed by atoms with Gasteiger partial charge in [-0.3, -0.25) is 9.59 Å². The van der Waals surface area contributed by atoms with Crippen LogP contribution in [0.1, 0.15) is 5.56 Å². The van der Waals surface area contributed by atoms with Gasteiger partial charge >= 0.3 is 11.8 Å². The molecule has 0 saturated heterocycles. The zero-order chi connectivity index (χ0) is 18.4. The van der Waals surface area contributed by atoms with E-state index < -0.39 is 17.6 Å². The number of anilines is 1.